The van der Waals surface area contributed by atoms with Crippen molar-refractivity contribution in [3.63, 3.8) is 0 Å². The number of pyridine rings is 2. The van der Waals surface area contributed by atoms with E-state index in [1.165, 1.54) is 12.3 Å². The molecule has 0 fully saturated rings. The summed E-state index contributed by atoms with van der Waals surface area (Å²) in [5, 5.41) is 2.97. The molecule has 0 spiro atoms. The van der Waals surface area contributed by atoms with Gasteiger partial charge in [0.2, 0.25) is 0 Å². The average molecular weight is 249 g/mol. The summed E-state index contributed by atoms with van der Waals surface area (Å²) in [6.45, 7) is 0. The zero-order chi connectivity index (χ0) is 12.3. The highest BCUT2D eigenvalue weighted by atomic mass is 35.5. The van der Waals surface area contributed by atoms with Crippen molar-refractivity contribution >= 4 is 29.1 Å². The van der Waals surface area contributed by atoms with E-state index in [4.69, 9.17) is 17.3 Å². The summed E-state index contributed by atoms with van der Waals surface area (Å²) in [6, 6.07) is 6.36. The summed E-state index contributed by atoms with van der Waals surface area (Å²) < 4.78 is 0. The molecule has 17 heavy (non-hydrogen) atoms. The van der Waals surface area contributed by atoms with Crippen LogP contribution in [0.3, 0.4) is 0 Å². The summed E-state index contributed by atoms with van der Waals surface area (Å²) in [6.07, 6.45) is 3.01. The fourth-order valence-corrected chi connectivity index (χ4v) is 1.42. The van der Waals surface area contributed by atoms with Gasteiger partial charge in [-0.25, -0.2) is 9.97 Å². The van der Waals surface area contributed by atoms with E-state index in [1.807, 2.05) is 0 Å². The first-order valence-corrected chi connectivity index (χ1v) is 5.18. The lowest BCUT2D eigenvalue weighted by molar-refractivity contribution is 0.102. The predicted octanol–water partition coefficient (Wildman–Crippen LogP) is 1.96. The second kappa shape index (κ2) is 4.80. The van der Waals surface area contributed by atoms with Crippen LogP contribution in [0.1, 0.15) is 10.4 Å². The van der Waals surface area contributed by atoms with Crippen LogP contribution < -0.4 is 11.1 Å². The number of nitrogens with two attached hydrogens (primary N) is 1. The Morgan fingerprint density at radius 3 is 2.82 bits per heavy atom. The van der Waals surface area contributed by atoms with Crippen molar-refractivity contribution in [1.29, 1.82) is 0 Å². The van der Waals surface area contributed by atoms with Gasteiger partial charge in [0, 0.05) is 18.0 Å². The Hall–Kier alpha value is -2.14. The van der Waals surface area contributed by atoms with Gasteiger partial charge in [-0.3, -0.25) is 4.79 Å². The molecule has 0 radical (unpaired) electrons. The lowest BCUT2D eigenvalue weighted by Gasteiger charge is -2.05. The van der Waals surface area contributed by atoms with Crippen LogP contribution in [0.2, 0.25) is 5.02 Å². The molecule has 0 aromatic carbocycles. The maximum atomic E-state index is 11.8. The Bertz CT molecular complexity index is 559. The van der Waals surface area contributed by atoms with E-state index < -0.39 is 0 Å². The van der Waals surface area contributed by atoms with Crippen molar-refractivity contribution in [2.24, 2.45) is 0 Å². The number of hydrogen-bond donors (Lipinski definition) is 2. The first-order valence-electron chi connectivity index (χ1n) is 4.80. The third kappa shape index (κ3) is 2.70. The number of hydrogen-bond acceptors (Lipinski definition) is 4. The van der Waals surface area contributed by atoms with Gasteiger partial charge < -0.3 is 11.1 Å². The third-order valence-corrected chi connectivity index (χ3v) is 2.34. The molecular formula is C11H9ClN4O. The van der Waals surface area contributed by atoms with E-state index >= 15 is 0 Å². The largest absolute Gasteiger partial charge is 0.384 e. The van der Waals surface area contributed by atoms with Crippen LogP contribution in [0, 0.1) is 0 Å². The number of nitrogens with zero attached hydrogens (tertiary/aromatic N) is 2. The van der Waals surface area contributed by atoms with Crippen molar-refractivity contribution in [1.82, 2.24) is 9.97 Å². The number of aromatic nitrogens is 2. The molecule has 2 aromatic rings. The molecule has 0 aliphatic rings. The van der Waals surface area contributed by atoms with E-state index in [9.17, 15) is 4.79 Å². The number of rotatable bonds is 2. The van der Waals surface area contributed by atoms with Crippen molar-refractivity contribution in [3.05, 3.63) is 47.2 Å². The van der Waals surface area contributed by atoms with E-state index in [0.717, 1.165) is 0 Å². The van der Waals surface area contributed by atoms with E-state index in [1.54, 1.807) is 24.4 Å². The summed E-state index contributed by atoms with van der Waals surface area (Å²) in [7, 11) is 0. The minimum atomic E-state index is -0.334. The van der Waals surface area contributed by atoms with Crippen molar-refractivity contribution in [2.75, 3.05) is 11.1 Å². The van der Waals surface area contributed by atoms with Crippen LogP contribution in [-0.2, 0) is 0 Å². The first-order chi connectivity index (χ1) is 8.16. The van der Waals surface area contributed by atoms with Crippen molar-refractivity contribution in [2.45, 2.75) is 0 Å². The summed E-state index contributed by atoms with van der Waals surface area (Å²) in [5.74, 6) is 0.263. The van der Waals surface area contributed by atoms with Gasteiger partial charge in [0.25, 0.3) is 5.91 Å². The number of carbonyl (C=O) groups is 1. The molecule has 5 nitrogen and oxygen atoms in total. The molecule has 0 aliphatic carbocycles. The second-order valence-corrected chi connectivity index (χ2v) is 3.66. The van der Waals surface area contributed by atoms with Gasteiger partial charge in [0.1, 0.15) is 5.82 Å². The molecule has 0 aliphatic heterocycles. The van der Waals surface area contributed by atoms with Gasteiger partial charge in [-0.15, -0.1) is 0 Å². The molecule has 86 valence electrons. The van der Waals surface area contributed by atoms with Gasteiger partial charge in [0.15, 0.2) is 5.82 Å². The lowest BCUT2D eigenvalue weighted by Crippen LogP contribution is -2.13. The molecule has 3 N–H and O–H groups in total. The summed E-state index contributed by atoms with van der Waals surface area (Å²) >= 11 is 5.87. The topological polar surface area (TPSA) is 80.9 Å². The monoisotopic (exact) mass is 248 g/mol. The van der Waals surface area contributed by atoms with Gasteiger partial charge in [0.05, 0.1) is 5.02 Å². The maximum absolute atomic E-state index is 11.8. The quantitative estimate of drug-likeness (QED) is 0.851. The average Bonchev–Trinajstić information content (AvgIpc) is 2.32. The lowest BCUT2D eigenvalue weighted by atomic mass is 10.2. The van der Waals surface area contributed by atoms with Crippen LogP contribution in [0.15, 0.2) is 36.7 Å². The maximum Gasteiger partial charge on any atom is 0.257 e. The molecule has 0 saturated carbocycles. The second-order valence-electron chi connectivity index (χ2n) is 3.26. The van der Waals surface area contributed by atoms with Crippen LogP contribution in [0.5, 0.6) is 0 Å². The minimum absolute atomic E-state index is 0.282. The zero-order valence-electron chi connectivity index (χ0n) is 8.72. The van der Waals surface area contributed by atoms with Gasteiger partial charge in [-0.2, -0.15) is 0 Å². The third-order valence-electron chi connectivity index (χ3n) is 2.03. The van der Waals surface area contributed by atoms with E-state index in [0.29, 0.717) is 16.4 Å². The molecule has 6 heteroatoms. The highest BCUT2D eigenvalue weighted by Gasteiger charge is 2.09. The Labute approximate surface area is 103 Å². The van der Waals surface area contributed by atoms with Gasteiger partial charge >= 0.3 is 0 Å². The Morgan fingerprint density at radius 1 is 1.29 bits per heavy atom. The highest BCUT2D eigenvalue weighted by Crippen LogP contribution is 2.18. The Morgan fingerprint density at radius 2 is 2.12 bits per heavy atom. The van der Waals surface area contributed by atoms with Crippen LogP contribution in [-0.4, -0.2) is 15.9 Å². The first kappa shape index (κ1) is 11.3. The number of carbonyl (C=O) groups excluding carboxylic acids is 1. The van der Waals surface area contributed by atoms with Crippen molar-refractivity contribution in [3.8, 4) is 0 Å². The van der Waals surface area contributed by atoms with E-state index in [2.05, 4.69) is 15.3 Å². The predicted molar refractivity (Wildman–Crippen MR) is 65.8 cm³/mol. The number of halogens is 1. The van der Waals surface area contributed by atoms with Gasteiger partial charge in [-0.05, 0) is 24.3 Å². The SMILES string of the molecule is Nc1cc(C(=O)Nc2ncccc2Cl)ccn1. The smallest absolute Gasteiger partial charge is 0.257 e. The molecule has 0 bridgehead atoms. The van der Waals surface area contributed by atoms with Crippen LogP contribution in [0.25, 0.3) is 0 Å². The summed E-state index contributed by atoms with van der Waals surface area (Å²) in [4.78, 5) is 19.6. The number of anilines is 2. The Kier molecular flexibility index (Phi) is 3.20. The van der Waals surface area contributed by atoms with Crippen molar-refractivity contribution < 1.29 is 4.79 Å². The standard InChI is InChI=1S/C11H9ClN4O/c12-8-2-1-4-15-10(8)16-11(17)7-3-5-14-9(13)6-7/h1-6H,(H2,13,14)(H,15,16,17). The zero-order valence-corrected chi connectivity index (χ0v) is 9.48. The minimum Gasteiger partial charge on any atom is -0.384 e. The molecule has 2 rings (SSSR count). The molecule has 0 atom stereocenters. The fourth-order valence-electron chi connectivity index (χ4n) is 1.25. The fraction of sp³-hybridized carbons (Fsp3) is 0. The molecule has 1 amide bonds. The number of nitrogens with one attached hydrogen (secondary N) is 1. The van der Waals surface area contributed by atoms with Gasteiger partial charge in [-0.1, -0.05) is 11.6 Å². The van der Waals surface area contributed by atoms with Crippen LogP contribution >= 0.6 is 11.6 Å². The molecular weight excluding hydrogens is 240 g/mol. The van der Waals surface area contributed by atoms with E-state index in [-0.39, 0.29) is 11.7 Å². The normalized spacial score (nSPS) is 9.94. The van der Waals surface area contributed by atoms with Crippen LogP contribution in [0.4, 0.5) is 11.6 Å². The number of amides is 1. The molecule has 2 aromatic heterocycles. The highest BCUT2D eigenvalue weighted by molar-refractivity contribution is 6.33. The molecule has 0 unspecified atom stereocenters. The Balaban J connectivity index is 2.20. The number of nitrogen functional groups attached to an aromatic ring is 1. The molecule has 2 heterocycles. The molecule has 0 saturated heterocycles. The summed E-state index contributed by atoms with van der Waals surface area (Å²) in [5.41, 5.74) is 5.89.